The molecule has 0 atom stereocenters. The van der Waals surface area contributed by atoms with E-state index in [1.807, 2.05) is 26.0 Å². The smallest absolute Gasteiger partial charge is 0.253 e. The van der Waals surface area contributed by atoms with Crippen molar-refractivity contribution in [3.8, 4) is 11.3 Å². The number of carbonyl (C=O) groups is 2. The van der Waals surface area contributed by atoms with Crippen molar-refractivity contribution < 1.29 is 14.3 Å². The fraction of sp³-hybridized carbons (Fsp3) is 0.577. The van der Waals surface area contributed by atoms with Crippen LogP contribution in [0.25, 0.3) is 11.3 Å². The summed E-state index contributed by atoms with van der Waals surface area (Å²) in [6, 6.07) is 5.44. The van der Waals surface area contributed by atoms with Crippen LogP contribution in [-0.2, 0) is 16.7 Å². The molecule has 0 aliphatic carbocycles. The Bertz CT molecular complexity index is 961. The van der Waals surface area contributed by atoms with Crippen LogP contribution in [0.15, 0.2) is 24.4 Å². The van der Waals surface area contributed by atoms with Gasteiger partial charge in [-0.1, -0.05) is 20.8 Å². The van der Waals surface area contributed by atoms with Crippen LogP contribution in [0.4, 0.5) is 0 Å². The van der Waals surface area contributed by atoms with Crippen LogP contribution in [0, 0.1) is 5.92 Å². The molecule has 0 spiro atoms. The molecule has 1 fully saturated rings. The Hall–Kier alpha value is -2.47. The quantitative estimate of drug-likeness (QED) is 0.572. The molecule has 0 radical (unpaired) electrons. The Kier molecular flexibility index (Phi) is 7.55. The SMILES string of the molecule is CCN(CC)C(=O)c1cc(C(C)=O)cc(-c2cn(CC3CCOCC3)c(C(C)(C)C)n2)c1. The first kappa shape index (κ1) is 24.2. The van der Waals surface area contributed by atoms with Gasteiger partial charge in [0.1, 0.15) is 5.82 Å². The molecule has 2 heterocycles. The minimum absolute atomic E-state index is 0.0573. The van der Waals surface area contributed by atoms with Crippen molar-refractivity contribution in [2.24, 2.45) is 5.92 Å². The molecule has 0 N–H and O–H groups in total. The Balaban J connectivity index is 2.05. The third kappa shape index (κ3) is 5.47. The molecule has 1 amide bonds. The van der Waals surface area contributed by atoms with Gasteiger partial charge in [-0.15, -0.1) is 0 Å². The third-order valence-electron chi connectivity index (χ3n) is 6.18. The zero-order valence-corrected chi connectivity index (χ0v) is 20.4. The van der Waals surface area contributed by atoms with Gasteiger partial charge in [0, 0.05) is 61.2 Å². The van der Waals surface area contributed by atoms with E-state index in [0.717, 1.165) is 49.7 Å². The molecular formula is C26H37N3O3. The first-order valence-electron chi connectivity index (χ1n) is 11.7. The summed E-state index contributed by atoms with van der Waals surface area (Å²) in [6.07, 6.45) is 4.19. The fourth-order valence-electron chi connectivity index (χ4n) is 4.30. The zero-order valence-electron chi connectivity index (χ0n) is 20.4. The highest BCUT2D eigenvalue weighted by Crippen LogP contribution is 2.30. The van der Waals surface area contributed by atoms with E-state index in [9.17, 15) is 9.59 Å². The lowest BCUT2D eigenvalue weighted by molar-refractivity contribution is 0.0607. The largest absolute Gasteiger partial charge is 0.381 e. The predicted molar refractivity (Wildman–Crippen MR) is 127 cm³/mol. The van der Waals surface area contributed by atoms with E-state index in [4.69, 9.17) is 9.72 Å². The summed E-state index contributed by atoms with van der Waals surface area (Å²) in [4.78, 5) is 32.1. The molecule has 2 aromatic rings. The van der Waals surface area contributed by atoms with Gasteiger partial charge in [-0.25, -0.2) is 4.98 Å². The monoisotopic (exact) mass is 439 g/mol. The fourth-order valence-corrected chi connectivity index (χ4v) is 4.30. The van der Waals surface area contributed by atoms with Gasteiger partial charge in [0.15, 0.2) is 5.78 Å². The van der Waals surface area contributed by atoms with Gasteiger partial charge in [0.2, 0.25) is 0 Å². The standard InChI is InChI=1S/C26H37N3O3/c1-7-28(8-2)24(31)22-14-20(18(3)30)13-21(15-22)23-17-29(25(27-23)26(4,5)6)16-19-9-11-32-12-10-19/h13-15,17,19H,7-12,16H2,1-6H3. The second-order valence-corrected chi connectivity index (χ2v) is 9.74. The normalized spacial score (nSPS) is 15.1. The maximum atomic E-state index is 13.0. The minimum atomic E-state index is -0.124. The van der Waals surface area contributed by atoms with Crippen LogP contribution in [-0.4, -0.2) is 52.4 Å². The van der Waals surface area contributed by atoms with Crippen LogP contribution in [0.5, 0.6) is 0 Å². The van der Waals surface area contributed by atoms with E-state index in [-0.39, 0.29) is 17.1 Å². The Morgan fingerprint density at radius 1 is 1.09 bits per heavy atom. The van der Waals surface area contributed by atoms with Crippen LogP contribution in [0.3, 0.4) is 0 Å². The predicted octanol–water partition coefficient (Wildman–Crippen LogP) is 4.96. The minimum Gasteiger partial charge on any atom is -0.381 e. The van der Waals surface area contributed by atoms with E-state index < -0.39 is 0 Å². The molecule has 1 aliphatic heterocycles. The van der Waals surface area contributed by atoms with Crippen LogP contribution >= 0.6 is 0 Å². The van der Waals surface area contributed by atoms with Crippen molar-refractivity contribution in [2.75, 3.05) is 26.3 Å². The number of nitrogens with zero attached hydrogens (tertiary/aromatic N) is 3. The van der Waals surface area contributed by atoms with Gasteiger partial charge >= 0.3 is 0 Å². The van der Waals surface area contributed by atoms with Crippen molar-refractivity contribution in [2.45, 2.75) is 66.3 Å². The summed E-state index contributed by atoms with van der Waals surface area (Å²) in [5.74, 6) is 1.47. The number of imidazole rings is 1. The molecule has 0 bridgehead atoms. The van der Waals surface area contributed by atoms with Gasteiger partial charge in [0.25, 0.3) is 5.91 Å². The molecule has 0 unspecified atom stereocenters. The molecule has 3 rings (SSSR count). The number of ether oxygens (including phenoxy) is 1. The van der Waals surface area contributed by atoms with Gasteiger partial charge in [-0.05, 0) is 57.7 Å². The van der Waals surface area contributed by atoms with Crippen LogP contribution in [0.2, 0.25) is 0 Å². The van der Waals surface area contributed by atoms with Gasteiger partial charge < -0.3 is 14.2 Å². The topological polar surface area (TPSA) is 64.4 Å². The molecule has 1 aromatic heterocycles. The van der Waals surface area contributed by atoms with Crippen molar-refractivity contribution in [3.05, 3.63) is 41.3 Å². The molecule has 1 aliphatic rings. The second kappa shape index (κ2) is 9.99. The summed E-state index contributed by atoms with van der Waals surface area (Å²) in [6.45, 7) is 15.8. The lowest BCUT2D eigenvalue weighted by Crippen LogP contribution is -2.30. The number of ketones is 1. The summed E-state index contributed by atoms with van der Waals surface area (Å²) < 4.78 is 7.79. The lowest BCUT2D eigenvalue weighted by atomic mass is 9.94. The van der Waals surface area contributed by atoms with Crippen molar-refractivity contribution >= 4 is 11.7 Å². The Morgan fingerprint density at radius 2 is 1.72 bits per heavy atom. The summed E-state index contributed by atoms with van der Waals surface area (Å²) in [5, 5.41) is 0. The molecular weight excluding hydrogens is 402 g/mol. The summed E-state index contributed by atoms with van der Waals surface area (Å²) >= 11 is 0. The molecule has 1 saturated heterocycles. The molecule has 174 valence electrons. The number of aromatic nitrogens is 2. The zero-order chi connectivity index (χ0) is 23.5. The molecule has 1 aromatic carbocycles. The molecule has 32 heavy (non-hydrogen) atoms. The number of rotatable bonds is 7. The van der Waals surface area contributed by atoms with Crippen molar-refractivity contribution in [1.82, 2.24) is 14.5 Å². The van der Waals surface area contributed by atoms with Crippen molar-refractivity contribution in [1.29, 1.82) is 0 Å². The number of hydrogen-bond donors (Lipinski definition) is 0. The van der Waals surface area contributed by atoms with E-state index in [0.29, 0.717) is 30.1 Å². The maximum Gasteiger partial charge on any atom is 0.253 e. The highest BCUT2D eigenvalue weighted by Gasteiger charge is 2.25. The Labute approximate surface area is 192 Å². The van der Waals surface area contributed by atoms with Gasteiger partial charge in [-0.2, -0.15) is 0 Å². The van der Waals surface area contributed by atoms with E-state index in [1.165, 1.54) is 6.92 Å². The van der Waals surface area contributed by atoms with E-state index in [1.54, 1.807) is 11.0 Å². The summed E-state index contributed by atoms with van der Waals surface area (Å²) in [5.41, 5.74) is 2.56. The number of Topliss-reactive ketones (excluding diaryl/α,β-unsaturated/α-hetero) is 1. The second-order valence-electron chi connectivity index (χ2n) is 9.74. The average Bonchev–Trinajstić information content (AvgIpc) is 3.19. The van der Waals surface area contributed by atoms with Gasteiger partial charge in [0.05, 0.1) is 5.69 Å². The molecule has 0 saturated carbocycles. The van der Waals surface area contributed by atoms with E-state index >= 15 is 0 Å². The highest BCUT2D eigenvalue weighted by molar-refractivity contribution is 6.01. The van der Waals surface area contributed by atoms with E-state index in [2.05, 4.69) is 31.5 Å². The number of amides is 1. The first-order valence-corrected chi connectivity index (χ1v) is 11.7. The molecule has 6 heteroatoms. The highest BCUT2D eigenvalue weighted by atomic mass is 16.5. The first-order chi connectivity index (χ1) is 15.1. The van der Waals surface area contributed by atoms with Crippen LogP contribution < -0.4 is 0 Å². The van der Waals surface area contributed by atoms with Crippen molar-refractivity contribution in [3.63, 3.8) is 0 Å². The molecule has 6 nitrogen and oxygen atoms in total. The average molecular weight is 440 g/mol. The number of carbonyl (C=O) groups excluding carboxylic acids is 2. The van der Waals surface area contributed by atoms with Crippen LogP contribution in [0.1, 0.15) is 80.9 Å². The lowest BCUT2D eigenvalue weighted by Gasteiger charge is -2.25. The summed E-state index contributed by atoms with van der Waals surface area (Å²) in [7, 11) is 0. The van der Waals surface area contributed by atoms with Gasteiger partial charge in [-0.3, -0.25) is 9.59 Å². The Morgan fingerprint density at radius 3 is 2.28 bits per heavy atom. The number of hydrogen-bond acceptors (Lipinski definition) is 4. The third-order valence-corrected chi connectivity index (χ3v) is 6.18. The number of benzene rings is 1. The maximum absolute atomic E-state index is 13.0.